The van der Waals surface area contributed by atoms with Gasteiger partial charge in [0.15, 0.2) is 0 Å². The SMILES string of the molecule is CCSCC(C)Nc1cc(Cl)nc(C(C)(C)C)n1. The Bertz CT molecular complexity index is 390. The molecule has 0 saturated heterocycles. The van der Waals surface area contributed by atoms with Gasteiger partial charge in [0.2, 0.25) is 0 Å². The zero-order valence-electron chi connectivity index (χ0n) is 11.7. The van der Waals surface area contributed by atoms with Gasteiger partial charge in [-0.15, -0.1) is 0 Å². The third-order valence-corrected chi connectivity index (χ3v) is 3.67. The van der Waals surface area contributed by atoms with E-state index in [1.54, 1.807) is 6.07 Å². The lowest BCUT2D eigenvalue weighted by Crippen LogP contribution is -2.22. The van der Waals surface area contributed by atoms with E-state index >= 15 is 0 Å². The van der Waals surface area contributed by atoms with Crippen molar-refractivity contribution in [2.75, 3.05) is 16.8 Å². The van der Waals surface area contributed by atoms with Gasteiger partial charge < -0.3 is 5.32 Å². The number of thioether (sulfide) groups is 1. The minimum atomic E-state index is -0.0945. The summed E-state index contributed by atoms with van der Waals surface area (Å²) in [4.78, 5) is 8.82. The Morgan fingerprint density at radius 3 is 2.61 bits per heavy atom. The van der Waals surface area contributed by atoms with E-state index in [-0.39, 0.29) is 5.41 Å². The number of halogens is 1. The molecule has 1 atom stereocenters. The number of nitrogens with one attached hydrogen (secondary N) is 1. The van der Waals surface area contributed by atoms with Crippen molar-refractivity contribution in [1.29, 1.82) is 0 Å². The Kier molecular flexibility index (Phi) is 5.73. The van der Waals surface area contributed by atoms with Gasteiger partial charge in [0, 0.05) is 23.3 Å². The first-order valence-electron chi connectivity index (χ1n) is 6.22. The van der Waals surface area contributed by atoms with Crippen LogP contribution < -0.4 is 5.32 Å². The molecule has 1 heterocycles. The van der Waals surface area contributed by atoms with Crippen molar-refractivity contribution < 1.29 is 0 Å². The number of anilines is 1. The zero-order valence-corrected chi connectivity index (χ0v) is 13.3. The van der Waals surface area contributed by atoms with Crippen LogP contribution in [0.4, 0.5) is 5.82 Å². The van der Waals surface area contributed by atoms with E-state index in [0.717, 1.165) is 23.1 Å². The van der Waals surface area contributed by atoms with Gasteiger partial charge in [0.25, 0.3) is 0 Å². The Balaban J connectivity index is 2.80. The van der Waals surface area contributed by atoms with Crippen LogP contribution in [0.2, 0.25) is 5.15 Å². The molecule has 0 aromatic carbocycles. The summed E-state index contributed by atoms with van der Waals surface area (Å²) >= 11 is 7.96. The first kappa shape index (κ1) is 15.6. The molecule has 0 radical (unpaired) electrons. The molecule has 3 nitrogen and oxygen atoms in total. The van der Waals surface area contributed by atoms with Crippen LogP contribution in [-0.4, -0.2) is 27.5 Å². The van der Waals surface area contributed by atoms with Crippen LogP contribution in [0.15, 0.2) is 6.07 Å². The molecule has 0 spiro atoms. The quantitative estimate of drug-likeness (QED) is 0.831. The molecule has 0 aliphatic rings. The second kappa shape index (κ2) is 6.62. The predicted molar refractivity (Wildman–Crippen MR) is 81.8 cm³/mol. The molecule has 0 amide bonds. The van der Waals surface area contributed by atoms with Gasteiger partial charge in [-0.2, -0.15) is 11.8 Å². The van der Waals surface area contributed by atoms with Crippen LogP contribution >= 0.6 is 23.4 Å². The van der Waals surface area contributed by atoms with E-state index < -0.39 is 0 Å². The number of rotatable bonds is 5. The van der Waals surface area contributed by atoms with Gasteiger partial charge in [-0.1, -0.05) is 39.3 Å². The summed E-state index contributed by atoms with van der Waals surface area (Å²) < 4.78 is 0. The largest absolute Gasteiger partial charge is 0.367 e. The summed E-state index contributed by atoms with van der Waals surface area (Å²) in [5.74, 6) is 3.77. The summed E-state index contributed by atoms with van der Waals surface area (Å²) in [6.45, 7) is 10.6. The zero-order chi connectivity index (χ0) is 13.8. The van der Waals surface area contributed by atoms with Gasteiger partial charge in [-0.3, -0.25) is 0 Å². The molecular weight excluding hydrogens is 266 g/mol. The Labute approximate surface area is 119 Å². The molecule has 1 rings (SSSR count). The normalized spacial score (nSPS) is 13.4. The molecule has 1 aromatic rings. The fourth-order valence-electron chi connectivity index (χ4n) is 1.42. The molecule has 1 aromatic heterocycles. The van der Waals surface area contributed by atoms with Crippen molar-refractivity contribution in [3.63, 3.8) is 0 Å². The van der Waals surface area contributed by atoms with E-state index in [1.165, 1.54) is 0 Å². The molecule has 18 heavy (non-hydrogen) atoms. The molecule has 0 aliphatic carbocycles. The summed E-state index contributed by atoms with van der Waals surface area (Å²) in [7, 11) is 0. The maximum atomic E-state index is 6.05. The summed E-state index contributed by atoms with van der Waals surface area (Å²) in [5, 5.41) is 3.87. The van der Waals surface area contributed by atoms with E-state index in [9.17, 15) is 0 Å². The Hall–Kier alpha value is -0.480. The maximum Gasteiger partial charge on any atom is 0.137 e. The monoisotopic (exact) mass is 287 g/mol. The van der Waals surface area contributed by atoms with Crippen LogP contribution in [0.25, 0.3) is 0 Å². The molecular formula is C13H22ClN3S. The van der Waals surface area contributed by atoms with Gasteiger partial charge in [0.1, 0.15) is 16.8 Å². The third kappa shape index (κ3) is 5.02. The lowest BCUT2D eigenvalue weighted by atomic mass is 9.96. The highest BCUT2D eigenvalue weighted by molar-refractivity contribution is 7.99. The maximum absolute atomic E-state index is 6.05. The van der Waals surface area contributed by atoms with Gasteiger partial charge in [-0.25, -0.2) is 9.97 Å². The smallest absolute Gasteiger partial charge is 0.137 e. The standard InChI is InChI=1S/C13H22ClN3S/c1-6-18-8-9(2)15-11-7-10(14)16-12(17-11)13(3,4)5/h7,9H,6,8H2,1-5H3,(H,15,16,17). The second-order valence-electron chi connectivity index (χ2n) is 5.35. The number of hydrogen-bond acceptors (Lipinski definition) is 4. The van der Waals surface area contributed by atoms with Crippen molar-refractivity contribution in [3.8, 4) is 0 Å². The van der Waals surface area contributed by atoms with E-state index in [4.69, 9.17) is 11.6 Å². The van der Waals surface area contributed by atoms with E-state index in [1.807, 2.05) is 11.8 Å². The topological polar surface area (TPSA) is 37.8 Å². The molecule has 0 aliphatic heterocycles. The highest BCUT2D eigenvalue weighted by Gasteiger charge is 2.19. The van der Waals surface area contributed by atoms with E-state index in [0.29, 0.717) is 11.2 Å². The van der Waals surface area contributed by atoms with Crippen molar-refractivity contribution in [3.05, 3.63) is 17.0 Å². The molecule has 102 valence electrons. The average Bonchev–Trinajstić information content (AvgIpc) is 2.24. The first-order valence-corrected chi connectivity index (χ1v) is 7.75. The molecule has 0 fully saturated rings. The summed E-state index contributed by atoms with van der Waals surface area (Å²) in [6.07, 6.45) is 0. The van der Waals surface area contributed by atoms with Gasteiger partial charge in [-0.05, 0) is 12.7 Å². The fraction of sp³-hybridized carbons (Fsp3) is 0.692. The fourth-order valence-corrected chi connectivity index (χ4v) is 2.27. The second-order valence-corrected chi connectivity index (χ2v) is 7.06. The van der Waals surface area contributed by atoms with Gasteiger partial charge >= 0.3 is 0 Å². The van der Waals surface area contributed by atoms with Crippen LogP contribution in [-0.2, 0) is 5.41 Å². The van der Waals surface area contributed by atoms with Crippen LogP contribution in [0.1, 0.15) is 40.4 Å². The van der Waals surface area contributed by atoms with Crippen molar-refractivity contribution in [2.24, 2.45) is 0 Å². The Morgan fingerprint density at radius 1 is 1.39 bits per heavy atom. The average molecular weight is 288 g/mol. The molecule has 5 heteroatoms. The predicted octanol–water partition coefficient (Wildman–Crippen LogP) is 3.98. The van der Waals surface area contributed by atoms with Crippen LogP contribution in [0.3, 0.4) is 0 Å². The van der Waals surface area contributed by atoms with Crippen molar-refractivity contribution in [1.82, 2.24) is 9.97 Å². The first-order chi connectivity index (χ1) is 8.32. The highest BCUT2D eigenvalue weighted by atomic mass is 35.5. The minimum absolute atomic E-state index is 0.0945. The lowest BCUT2D eigenvalue weighted by molar-refractivity contribution is 0.545. The molecule has 1 unspecified atom stereocenters. The van der Waals surface area contributed by atoms with Crippen LogP contribution in [0.5, 0.6) is 0 Å². The molecule has 0 saturated carbocycles. The summed E-state index contributed by atoms with van der Waals surface area (Å²) in [5.41, 5.74) is -0.0945. The molecule has 0 bridgehead atoms. The number of nitrogens with zero attached hydrogens (tertiary/aromatic N) is 2. The van der Waals surface area contributed by atoms with Crippen molar-refractivity contribution in [2.45, 2.75) is 46.1 Å². The molecule has 1 N–H and O–H groups in total. The van der Waals surface area contributed by atoms with Crippen LogP contribution in [0, 0.1) is 0 Å². The number of aromatic nitrogens is 2. The third-order valence-electron chi connectivity index (χ3n) is 2.33. The number of hydrogen-bond donors (Lipinski definition) is 1. The lowest BCUT2D eigenvalue weighted by Gasteiger charge is -2.19. The van der Waals surface area contributed by atoms with Gasteiger partial charge in [0.05, 0.1) is 0 Å². The van der Waals surface area contributed by atoms with E-state index in [2.05, 4.69) is 49.9 Å². The highest BCUT2D eigenvalue weighted by Crippen LogP contribution is 2.22. The minimum Gasteiger partial charge on any atom is -0.367 e. The summed E-state index contributed by atoms with van der Waals surface area (Å²) in [6, 6.07) is 2.15. The Morgan fingerprint density at radius 2 is 2.06 bits per heavy atom. The van der Waals surface area contributed by atoms with Crippen molar-refractivity contribution >= 4 is 29.2 Å².